The Kier molecular flexibility index (Phi) is 6.52. The topological polar surface area (TPSA) is 82.5 Å². The van der Waals surface area contributed by atoms with Crippen molar-refractivity contribution >= 4 is 11.9 Å². The lowest BCUT2D eigenvalue weighted by Gasteiger charge is -2.35. The first kappa shape index (κ1) is 17.4. The lowest BCUT2D eigenvalue weighted by molar-refractivity contribution is -0.145. The molecule has 6 nitrogen and oxygen atoms in total. The number of pyridine rings is 1. The monoisotopic (exact) mass is 319 g/mol. The summed E-state index contributed by atoms with van der Waals surface area (Å²) in [6.45, 7) is 4.60. The third-order valence-corrected chi connectivity index (χ3v) is 4.29. The van der Waals surface area contributed by atoms with Crippen LogP contribution in [0.15, 0.2) is 24.5 Å². The van der Waals surface area contributed by atoms with Crippen molar-refractivity contribution in [2.75, 3.05) is 19.6 Å². The summed E-state index contributed by atoms with van der Waals surface area (Å²) in [7, 11) is 0. The van der Waals surface area contributed by atoms with Gasteiger partial charge in [0.15, 0.2) is 0 Å². The second kappa shape index (κ2) is 8.62. The van der Waals surface area contributed by atoms with E-state index < -0.39 is 11.9 Å². The molecular weight excluding hydrogens is 294 g/mol. The van der Waals surface area contributed by atoms with E-state index in [1.165, 1.54) is 0 Å². The van der Waals surface area contributed by atoms with Crippen LogP contribution < -0.4 is 5.32 Å². The van der Waals surface area contributed by atoms with E-state index in [0.717, 1.165) is 24.9 Å². The lowest BCUT2D eigenvalue weighted by atomic mass is 9.88. The number of aliphatic carboxylic acids is 1. The van der Waals surface area contributed by atoms with Crippen LogP contribution in [0.4, 0.5) is 0 Å². The van der Waals surface area contributed by atoms with E-state index in [0.29, 0.717) is 26.1 Å². The fourth-order valence-corrected chi connectivity index (χ4v) is 2.96. The third-order valence-electron chi connectivity index (χ3n) is 4.29. The summed E-state index contributed by atoms with van der Waals surface area (Å²) < 4.78 is 0. The highest BCUT2D eigenvalue weighted by atomic mass is 16.4. The first-order valence-corrected chi connectivity index (χ1v) is 8.22. The van der Waals surface area contributed by atoms with Gasteiger partial charge in [0, 0.05) is 32.0 Å². The van der Waals surface area contributed by atoms with Crippen molar-refractivity contribution < 1.29 is 14.7 Å². The zero-order valence-corrected chi connectivity index (χ0v) is 13.6. The molecule has 0 radical (unpaired) electrons. The number of hydrogen-bond acceptors (Lipinski definition) is 4. The highest BCUT2D eigenvalue weighted by Crippen LogP contribution is 2.23. The zero-order valence-electron chi connectivity index (χ0n) is 13.6. The lowest BCUT2D eigenvalue weighted by Crippen LogP contribution is -2.48. The van der Waals surface area contributed by atoms with Gasteiger partial charge in [0.1, 0.15) is 0 Å². The third kappa shape index (κ3) is 5.32. The number of unbranched alkanes of at least 4 members (excludes halogenated alkanes) is 1. The van der Waals surface area contributed by atoms with E-state index in [2.05, 4.69) is 22.1 Å². The van der Waals surface area contributed by atoms with Gasteiger partial charge in [0.05, 0.1) is 11.8 Å². The van der Waals surface area contributed by atoms with Crippen LogP contribution >= 0.6 is 0 Å². The second-order valence-corrected chi connectivity index (χ2v) is 6.15. The maximum absolute atomic E-state index is 12.4. The van der Waals surface area contributed by atoms with Gasteiger partial charge in [0.2, 0.25) is 5.91 Å². The summed E-state index contributed by atoms with van der Waals surface area (Å²) in [6, 6.07) is 3.71. The Morgan fingerprint density at radius 2 is 2.00 bits per heavy atom. The fraction of sp³-hybridized carbons (Fsp3) is 0.588. The number of nitrogens with one attached hydrogen (secondary N) is 1. The number of aromatic nitrogens is 1. The van der Waals surface area contributed by atoms with Gasteiger partial charge in [-0.25, -0.2) is 0 Å². The van der Waals surface area contributed by atoms with Crippen LogP contribution in [0.5, 0.6) is 0 Å². The molecule has 0 bridgehead atoms. The molecule has 1 fully saturated rings. The molecule has 6 heteroatoms. The maximum atomic E-state index is 12.4. The highest BCUT2D eigenvalue weighted by molar-refractivity contribution is 5.80. The summed E-state index contributed by atoms with van der Waals surface area (Å²) in [6.07, 6.45) is 5.88. The average Bonchev–Trinajstić information content (AvgIpc) is 2.58. The van der Waals surface area contributed by atoms with Gasteiger partial charge >= 0.3 is 5.97 Å². The Balaban J connectivity index is 1.92. The van der Waals surface area contributed by atoms with Crippen LogP contribution in [-0.4, -0.2) is 46.5 Å². The van der Waals surface area contributed by atoms with Gasteiger partial charge in [-0.3, -0.25) is 14.6 Å². The van der Waals surface area contributed by atoms with E-state index in [-0.39, 0.29) is 11.8 Å². The number of rotatable bonds is 7. The normalized spacial score (nSPS) is 21.8. The van der Waals surface area contributed by atoms with E-state index in [9.17, 15) is 14.7 Å². The van der Waals surface area contributed by atoms with Crippen LogP contribution in [0.3, 0.4) is 0 Å². The van der Waals surface area contributed by atoms with Gasteiger partial charge in [-0.1, -0.05) is 13.3 Å². The van der Waals surface area contributed by atoms with Crippen LogP contribution in [0.1, 0.15) is 31.7 Å². The molecular formula is C17H25N3O3. The summed E-state index contributed by atoms with van der Waals surface area (Å²) >= 11 is 0. The van der Waals surface area contributed by atoms with Gasteiger partial charge in [-0.15, -0.1) is 0 Å². The minimum Gasteiger partial charge on any atom is -0.481 e. The predicted octanol–water partition coefficient (Wildman–Crippen LogP) is 1.52. The van der Waals surface area contributed by atoms with E-state index in [1.54, 1.807) is 12.4 Å². The number of hydrogen-bond donors (Lipinski definition) is 2. The van der Waals surface area contributed by atoms with Crippen LogP contribution in [-0.2, 0) is 16.1 Å². The molecule has 1 aliphatic rings. The van der Waals surface area contributed by atoms with E-state index in [4.69, 9.17) is 0 Å². The minimum absolute atomic E-state index is 0.0609. The molecule has 1 amide bonds. The van der Waals surface area contributed by atoms with Crippen molar-refractivity contribution in [2.24, 2.45) is 11.8 Å². The average molecular weight is 319 g/mol. The minimum atomic E-state index is -0.807. The quantitative estimate of drug-likeness (QED) is 0.796. The fourth-order valence-electron chi connectivity index (χ4n) is 2.96. The number of piperidine rings is 1. The van der Waals surface area contributed by atoms with Crippen molar-refractivity contribution in [2.45, 2.75) is 32.7 Å². The number of carboxylic acids is 1. The molecule has 23 heavy (non-hydrogen) atoms. The molecule has 0 spiro atoms. The van der Waals surface area contributed by atoms with Crippen LogP contribution in [0.25, 0.3) is 0 Å². The summed E-state index contributed by atoms with van der Waals surface area (Å²) in [5.41, 5.74) is 0.988. The largest absolute Gasteiger partial charge is 0.481 e. The van der Waals surface area contributed by atoms with Crippen molar-refractivity contribution in [1.82, 2.24) is 15.2 Å². The zero-order chi connectivity index (χ0) is 16.7. The molecule has 0 aromatic carbocycles. The van der Waals surface area contributed by atoms with Gasteiger partial charge in [0.25, 0.3) is 0 Å². The Hall–Kier alpha value is -1.95. The number of carbonyl (C=O) groups excluding carboxylic acids is 1. The first-order chi connectivity index (χ1) is 11.1. The van der Waals surface area contributed by atoms with Crippen LogP contribution in [0.2, 0.25) is 0 Å². The Morgan fingerprint density at radius 1 is 1.30 bits per heavy atom. The molecule has 2 heterocycles. The Bertz CT molecular complexity index is 521. The number of carboxylic acid groups (broad SMARTS) is 1. The molecule has 0 unspecified atom stereocenters. The number of nitrogens with zero attached hydrogens (tertiary/aromatic N) is 2. The Morgan fingerprint density at radius 3 is 2.65 bits per heavy atom. The maximum Gasteiger partial charge on any atom is 0.307 e. The molecule has 126 valence electrons. The molecule has 1 saturated heterocycles. The second-order valence-electron chi connectivity index (χ2n) is 6.15. The smallest absolute Gasteiger partial charge is 0.307 e. The van der Waals surface area contributed by atoms with Crippen molar-refractivity contribution in [3.05, 3.63) is 30.1 Å². The van der Waals surface area contributed by atoms with Gasteiger partial charge in [-0.05, 0) is 37.1 Å². The molecule has 2 rings (SSSR count). The van der Waals surface area contributed by atoms with Crippen LogP contribution in [0, 0.1) is 11.8 Å². The summed E-state index contributed by atoms with van der Waals surface area (Å²) in [5, 5.41) is 12.2. The van der Waals surface area contributed by atoms with Gasteiger partial charge < -0.3 is 15.3 Å². The van der Waals surface area contributed by atoms with Crippen molar-refractivity contribution in [3.63, 3.8) is 0 Å². The summed E-state index contributed by atoms with van der Waals surface area (Å²) in [5.74, 6) is -1.59. The van der Waals surface area contributed by atoms with E-state index in [1.807, 2.05) is 12.1 Å². The SMILES string of the molecule is CCCCN1C[C@H](C(=O)O)C[C@H](C(=O)NCc2ccncc2)C1. The van der Waals surface area contributed by atoms with Crippen molar-refractivity contribution in [3.8, 4) is 0 Å². The predicted molar refractivity (Wildman–Crippen MR) is 86.7 cm³/mol. The molecule has 2 N–H and O–H groups in total. The molecule has 2 atom stereocenters. The molecule has 0 aliphatic carbocycles. The first-order valence-electron chi connectivity index (χ1n) is 8.22. The van der Waals surface area contributed by atoms with Gasteiger partial charge in [-0.2, -0.15) is 0 Å². The van der Waals surface area contributed by atoms with E-state index >= 15 is 0 Å². The number of likely N-dealkylation sites (tertiary alicyclic amines) is 1. The molecule has 1 aliphatic heterocycles. The number of amides is 1. The molecule has 1 aromatic rings. The summed E-state index contributed by atoms with van der Waals surface area (Å²) in [4.78, 5) is 29.8. The number of carbonyl (C=O) groups is 2. The molecule has 0 saturated carbocycles. The highest BCUT2D eigenvalue weighted by Gasteiger charge is 2.34. The Labute approximate surface area is 136 Å². The standard InChI is InChI=1S/C17H25N3O3/c1-2-3-8-20-11-14(9-15(12-20)17(22)23)16(21)19-10-13-4-6-18-7-5-13/h4-7,14-15H,2-3,8-12H2,1H3,(H,19,21)(H,22,23)/t14-,15+/m0/s1. The van der Waals surface area contributed by atoms with Crippen molar-refractivity contribution in [1.29, 1.82) is 0 Å². The molecule has 1 aromatic heterocycles.